The molecule has 0 bridgehead atoms. The predicted molar refractivity (Wildman–Crippen MR) is 102 cm³/mol. The summed E-state index contributed by atoms with van der Waals surface area (Å²) in [5.41, 5.74) is 0.660. The van der Waals surface area contributed by atoms with E-state index in [1.54, 1.807) is 26.0 Å². The molecule has 2 N–H and O–H groups in total. The number of alkyl halides is 3. The zero-order valence-corrected chi connectivity index (χ0v) is 15.9. The molecule has 0 radical (unpaired) electrons. The van der Waals surface area contributed by atoms with E-state index in [2.05, 4.69) is 10.6 Å². The van der Waals surface area contributed by atoms with Crippen molar-refractivity contribution in [1.82, 2.24) is 5.32 Å². The molecular formula is C21H23F3N2O2. The van der Waals surface area contributed by atoms with Crippen LogP contribution in [0.3, 0.4) is 0 Å². The molecule has 2 amide bonds. The van der Waals surface area contributed by atoms with Gasteiger partial charge in [-0.05, 0) is 48.2 Å². The van der Waals surface area contributed by atoms with Crippen molar-refractivity contribution in [2.24, 2.45) is 5.92 Å². The van der Waals surface area contributed by atoms with Crippen molar-refractivity contribution >= 4 is 17.5 Å². The van der Waals surface area contributed by atoms with E-state index in [9.17, 15) is 22.8 Å². The number of carbonyl (C=O) groups is 2. The standard InChI is InChI=1S/C21H23F3N2O2/c1-4-14-8-10-15(11-9-14)19(27)26-18(13(2)3)20(28)25-17-7-5-6-16(12-17)21(22,23)24/h5-13,18H,4H2,1-3H3,(H,25,28)(H,26,27)/t18-/m1/s1. The van der Waals surface area contributed by atoms with E-state index in [1.807, 2.05) is 19.1 Å². The molecule has 150 valence electrons. The molecule has 2 aromatic rings. The van der Waals surface area contributed by atoms with Crippen molar-refractivity contribution < 1.29 is 22.8 Å². The number of carbonyl (C=O) groups excluding carboxylic acids is 2. The summed E-state index contributed by atoms with van der Waals surface area (Å²) in [4.78, 5) is 25.0. The van der Waals surface area contributed by atoms with Gasteiger partial charge in [0.15, 0.2) is 0 Å². The molecule has 7 heteroatoms. The fourth-order valence-corrected chi connectivity index (χ4v) is 2.64. The second kappa shape index (κ2) is 8.91. The first-order valence-electron chi connectivity index (χ1n) is 8.99. The van der Waals surface area contributed by atoms with Crippen molar-refractivity contribution in [2.75, 3.05) is 5.32 Å². The maximum atomic E-state index is 12.8. The maximum absolute atomic E-state index is 12.8. The first kappa shape index (κ1) is 21.5. The van der Waals surface area contributed by atoms with E-state index < -0.39 is 29.6 Å². The third kappa shape index (κ3) is 5.58. The first-order chi connectivity index (χ1) is 13.1. The zero-order chi connectivity index (χ0) is 20.9. The molecule has 0 saturated heterocycles. The largest absolute Gasteiger partial charge is 0.416 e. The highest BCUT2D eigenvalue weighted by atomic mass is 19.4. The first-order valence-corrected chi connectivity index (χ1v) is 8.99. The van der Waals surface area contributed by atoms with Gasteiger partial charge in [-0.15, -0.1) is 0 Å². The Labute approximate surface area is 162 Å². The molecule has 0 fully saturated rings. The minimum absolute atomic E-state index is 0.0204. The van der Waals surface area contributed by atoms with Crippen molar-refractivity contribution in [2.45, 2.75) is 39.4 Å². The van der Waals surface area contributed by atoms with Crippen molar-refractivity contribution in [1.29, 1.82) is 0 Å². The van der Waals surface area contributed by atoms with Crippen LogP contribution in [-0.2, 0) is 17.4 Å². The Bertz CT molecular complexity index is 830. The van der Waals surface area contributed by atoms with E-state index in [-0.39, 0.29) is 11.6 Å². The average molecular weight is 392 g/mol. The third-order valence-electron chi connectivity index (χ3n) is 4.32. The fourth-order valence-electron chi connectivity index (χ4n) is 2.64. The van der Waals surface area contributed by atoms with Crippen molar-refractivity contribution in [3.05, 3.63) is 65.2 Å². The summed E-state index contributed by atoms with van der Waals surface area (Å²) in [7, 11) is 0. The van der Waals surface area contributed by atoms with Crippen LogP contribution in [0.1, 0.15) is 42.3 Å². The van der Waals surface area contributed by atoms with Gasteiger partial charge in [0.05, 0.1) is 5.56 Å². The number of hydrogen-bond donors (Lipinski definition) is 2. The Hall–Kier alpha value is -2.83. The van der Waals surface area contributed by atoms with Gasteiger partial charge >= 0.3 is 6.18 Å². The Morgan fingerprint density at radius 2 is 1.68 bits per heavy atom. The Morgan fingerprint density at radius 1 is 1.04 bits per heavy atom. The zero-order valence-electron chi connectivity index (χ0n) is 15.9. The SMILES string of the molecule is CCc1ccc(C(=O)N[C@@H](C(=O)Nc2cccc(C(F)(F)F)c2)C(C)C)cc1. The summed E-state index contributed by atoms with van der Waals surface area (Å²) in [5, 5.41) is 5.12. The quantitative estimate of drug-likeness (QED) is 0.751. The average Bonchev–Trinajstić information content (AvgIpc) is 2.65. The number of nitrogens with one attached hydrogen (secondary N) is 2. The number of amides is 2. The van der Waals surface area contributed by atoms with Crippen LogP contribution in [0.2, 0.25) is 0 Å². The Morgan fingerprint density at radius 3 is 2.21 bits per heavy atom. The molecule has 0 aliphatic heterocycles. The lowest BCUT2D eigenvalue weighted by Gasteiger charge is -2.22. The van der Waals surface area contributed by atoms with E-state index in [1.165, 1.54) is 12.1 Å². The molecule has 28 heavy (non-hydrogen) atoms. The predicted octanol–water partition coefficient (Wildman–Crippen LogP) is 4.66. The van der Waals surface area contributed by atoms with Crippen LogP contribution < -0.4 is 10.6 Å². The molecule has 2 aromatic carbocycles. The summed E-state index contributed by atoms with van der Waals surface area (Å²) in [5.74, 6) is -1.25. The number of benzene rings is 2. The summed E-state index contributed by atoms with van der Waals surface area (Å²) < 4.78 is 38.5. The molecule has 1 atom stereocenters. The smallest absolute Gasteiger partial charge is 0.340 e. The minimum Gasteiger partial charge on any atom is -0.340 e. The number of rotatable bonds is 6. The van der Waals surface area contributed by atoms with Crippen LogP contribution in [-0.4, -0.2) is 17.9 Å². The van der Waals surface area contributed by atoms with Crippen LogP contribution in [0, 0.1) is 5.92 Å². The van der Waals surface area contributed by atoms with Crippen LogP contribution >= 0.6 is 0 Å². The Balaban J connectivity index is 2.12. The van der Waals surface area contributed by atoms with Crippen molar-refractivity contribution in [3.8, 4) is 0 Å². The molecular weight excluding hydrogens is 369 g/mol. The third-order valence-corrected chi connectivity index (χ3v) is 4.32. The lowest BCUT2D eigenvalue weighted by molar-refractivity contribution is -0.137. The van der Waals surface area contributed by atoms with Crippen LogP contribution in [0.5, 0.6) is 0 Å². The highest BCUT2D eigenvalue weighted by molar-refractivity contribution is 6.01. The number of halogens is 3. The molecule has 0 aliphatic carbocycles. The van der Waals surface area contributed by atoms with E-state index in [4.69, 9.17) is 0 Å². The molecule has 0 aliphatic rings. The molecule has 0 spiro atoms. The van der Waals surface area contributed by atoms with E-state index in [0.717, 1.165) is 24.1 Å². The highest BCUT2D eigenvalue weighted by Gasteiger charge is 2.31. The normalized spacial score (nSPS) is 12.5. The molecule has 4 nitrogen and oxygen atoms in total. The van der Waals surface area contributed by atoms with Gasteiger partial charge in [0, 0.05) is 11.3 Å². The minimum atomic E-state index is -4.50. The van der Waals surface area contributed by atoms with Gasteiger partial charge in [0.1, 0.15) is 6.04 Å². The Kier molecular flexibility index (Phi) is 6.83. The fraction of sp³-hybridized carbons (Fsp3) is 0.333. The second-order valence-corrected chi connectivity index (χ2v) is 6.81. The maximum Gasteiger partial charge on any atom is 0.416 e. The van der Waals surface area contributed by atoms with Gasteiger partial charge in [-0.3, -0.25) is 9.59 Å². The van der Waals surface area contributed by atoms with Gasteiger partial charge in [-0.2, -0.15) is 13.2 Å². The molecule has 0 heterocycles. The second-order valence-electron chi connectivity index (χ2n) is 6.81. The summed E-state index contributed by atoms with van der Waals surface area (Å²) in [6, 6.07) is 10.5. The van der Waals surface area contributed by atoms with Crippen molar-refractivity contribution in [3.63, 3.8) is 0 Å². The van der Waals surface area contributed by atoms with Gasteiger partial charge < -0.3 is 10.6 Å². The monoisotopic (exact) mass is 392 g/mol. The lowest BCUT2D eigenvalue weighted by Crippen LogP contribution is -2.47. The van der Waals surface area contributed by atoms with Gasteiger partial charge in [0.2, 0.25) is 5.91 Å². The molecule has 0 saturated carbocycles. The summed E-state index contributed by atoms with van der Waals surface area (Å²) in [6.45, 7) is 5.50. The summed E-state index contributed by atoms with van der Waals surface area (Å²) >= 11 is 0. The molecule has 0 aromatic heterocycles. The molecule has 2 rings (SSSR count). The highest BCUT2D eigenvalue weighted by Crippen LogP contribution is 2.30. The van der Waals surface area contributed by atoms with E-state index >= 15 is 0 Å². The van der Waals surface area contributed by atoms with Crippen LogP contribution in [0.15, 0.2) is 48.5 Å². The van der Waals surface area contributed by atoms with E-state index in [0.29, 0.717) is 5.56 Å². The number of hydrogen-bond acceptors (Lipinski definition) is 2. The number of anilines is 1. The van der Waals surface area contributed by atoms with Crippen LogP contribution in [0.4, 0.5) is 18.9 Å². The summed E-state index contributed by atoms with van der Waals surface area (Å²) in [6.07, 6.45) is -3.66. The topological polar surface area (TPSA) is 58.2 Å². The van der Waals surface area contributed by atoms with Crippen LogP contribution in [0.25, 0.3) is 0 Å². The molecule has 0 unspecified atom stereocenters. The van der Waals surface area contributed by atoms with Gasteiger partial charge in [0.25, 0.3) is 5.91 Å². The van der Waals surface area contributed by atoms with Gasteiger partial charge in [-0.1, -0.05) is 39.0 Å². The van der Waals surface area contributed by atoms with Gasteiger partial charge in [-0.25, -0.2) is 0 Å². The number of aryl methyl sites for hydroxylation is 1. The lowest BCUT2D eigenvalue weighted by atomic mass is 10.0.